The van der Waals surface area contributed by atoms with Crippen molar-refractivity contribution in [3.05, 3.63) is 47.5 Å². The molecule has 0 atom stereocenters. The zero-order valence-corrected chi connectivity index (χ0v) is 14.1. The maximum Gasteiger partial charge on any atom is 0.255 e. The minimum absolute atomic E-state index is 0.159. The average Bonchev–Trinajstić information content (AvgIpc) is 2.89. The lowest BCUT2D eigenvalue weighted by atomic mass is 10.2. The summed E-state index contributed by atoms with van der Waals surface area (Å²) in [6.07, 6.45) is 3.62. The van der Waals surface area contributed by atoms with E-state index in [1.165, 1.54) is 5.69 Å². The molecule has 5 nitrogen and oxygen atoms in total. The molecule has 0 aliphatic carbocycles. The fraction of sp³-hybridized carbons (Fsp3) is 0.444. The predicted molar refractivity (Wildman–Crippen MR) is 91.9 cm³/mol. The number of carbonyl (C=O) groups is 1. The van der Waals surface area contributed by atoms with Gasteiger partial charge in [-0.25, -0.2) is 0 Å². The minimum Gasteiger partial charge on any atom is -0.368 e. The van der Waals surface area contributed by atoms with Crippen molar-refractivity contribution >= 4 is 11.6 Å². The second kappa shape index (κ2) is 6.44. The van der Waals surface area contributed by atoms with Gasteiger partial charge in [0.15, 0.2) is 0 Å². The van der Waals surface area contributed by atoms with Crippen LogP contribution < -0.4 is 4.90 Å². The Morgan fingerprint density at radius 2 is 1.78 bits per heavy atom. The highest BCUT2D eigenvalue weighted by molar-refractivity contribution is 5.96. The molecule has 1 aliphatic heterocycles. The fourth-order valence-corrected chi connectivity index (χ4v) is 3.40. The van der Waals surface area contributed by atoms with E-state index < -0.39 is 0 Å². The molecule has 5 heteroatoms. The minimum atomic E-state index is 0.159. The molecule has 1 saturated heterocycles. The lowest BCUT2D eigenvalue weighted by Gasteiger charge is -2.36. The van der Waals surface area contributed by atoms with Crippen LogP contribution in [0.15, 0.2) is 30.6 Å². The molecule has 0 radical (unpaired) electrons. The molecule has 1 amide bonds. The van der Waals surface area contributed by atoms with Crippen LogP contribution in [0.5, 0.6) is 0 Å². The van der Waals surface area contributed by atoms with Crippen LogP contribution in [-0.4, -0.2) is 46.5 Å². The van der Waals surface area contributed by atoms with Crippen LogP contribution in [0.25, 0.3) is 0 Å². The molecule has 122 valence electrons. The van der Waals surface area contributed by atoms with Crippen LogP contribution in [0.3, 0.4) is 0 Å². The third kappa shape index (κ3) is 2.96. The lowest BCUT2D eigenvalue weighted by molar-refractivity contribution is 0.0746. The van der Waals surface area contributed by atoms with E-state index in [1.54, 1.807) is 0 Å². The molecule has 1 aliphatic rings. The van der Waals surface area contributed by atoms with Gasteiger partial charge in [-0.15, -0.1) is 0 Å². The lowest BCUT2D eigenvalue weighted by Crippen LogP contribution is -2.48. The second-order valence-corrected chi connectivity index (χ2v) is 6.01. The second-order valence-electron chi connectivity index (χ2n) is 6.01. The maximum atomic E-state index is 12.8. The van der Waals surface area contributed by atoms with Crippen LogP contribution in [0.4, 0.5) is 5.69 Å². The summed E-state index contributed by atoms with van der Waals surface area (Å²) in [6.45, 7) is 10.4. The number of aromatic nitrogens is 2. The van der Waals surface area contributed by atoms with Gasteiger partial charge in [0.05, 0.1) is 5.56 Å². The molecular formula is C18H24N4O. The number of aryl methyl sites for hydroxylation is 1. The van der Waals surface area contributed by atoms with Crippen LogP contribution in [0.2, 0.25) is 0 Å². The van der Waals surface area contributed by atoms with Crippen molar-refractivity contribution in [3.63, 3.8) is 0 Å². The first kappa shape index (κ1) is 15.6. The van der Waals surface area contributed by atoms with E-state index in [0.29, 0.717) is 0 Å². The normalized spacial score (nSPS) is 15.1. The summed E-state index contributed by atoms with van der Waals surface area (Å²) in [5.74, 6) is 0.159. The van der Waals surface area contributed by atoms with Crippen LogP contribution >= 0.6 is 0 Å². The Morgan fingerprint density at radius 3 is 2.35 bits per heavy atom. The molecule has 0 spiro atoms. The summed E-state index contributed by atoms with van der Waals surface area (Å²) in [5, 5.41) is 0. The van der Waals surface area contributed by atoms with Gasteiger partial charge in [-0.05, 0) is 39.0 Å². The average molecular weight is 312 g/mol. The van der Waals surface area contributed by atoms with E-state index in [1.807, 2.05) is 42.4 Å². The number of piperazine rings is 1. The standard InChI is InChI=1S/C18H24N4O/c1-4-22-14(2)13-17(15(22)3)18(23)21-11-9-20(10-12-21)16-5-7-19-8-6-16/h5-8,13H,4,9-12H2,1-3H3. The summed E-state index contributed by atoms with van der Waals surface area (Å²) < 4.78 is 2.19. The quantitative estimate of drug-likeness (QED) is 0.874. The summed E-state index contributed by atoms with van der Waals surface area (Å²) in [5.41, 5.74) is 4.26. The Bertz CT molecular complexity index is 685. The van der Waals surface area contributed by atoms with E-state index >= 15 is 0 Å². The van der Waals surface area contributed by atoms with Gasteiger partial charge in [0.2, 0.25) is 0 Å². The molecule has 0 N–H and O–H groups in total. The third-order valence-corrected chi connectivity index (χ3v) is 4.72. The van der Waals surface area contributed by atoms with Gasteiger partial charge >= 0.3 is 0 Å². The number of amides is 1. The molecule has 2 aromatic rings. The molecular weight excluding hydrogens is 288 g/mol. The molecule has 3 heterocycles. The highest BCUT2D eigenvalue weighted by Crippen LogP contribution is 2.20. The number of pyridine rings is 1. The van der Waals surface area contributed by atoms with Crippen molar-refractivity contribution in [2.75, 3.05) is 31.1 Å². The van der Waals surface area contributed by atoms with Crippen molar-refractivity contribution in [1.29, 1.82) is 0 Å². The molecule has 2 aromatic heterocycles. The van der Waals surface area contributed by atoms with Crippen molar-refractivity contribution < 1.29 is 4.79 Å². The number of anilines is 1. The smallest absolute Gasteiger partial charge is 0.255 e. The van der Waals surface area contributed by atoms with Gasteiger partial charge in [-0.1, -0.05) is 0 Å². The van der Waals surface area contributed by atoms with Gasteiger partial charge < -0.3 is 14.4 Å². The summed E-state index contributed by atoms with van der Waals surface area (Å²) >= 11 is 0. The van der Waals surface area contributed by atoms with E-state index in [9.17, 15) is 4.79 Å². The van der Waals surface area contributed by atoms with Crippen molar-refractivity contribution in [2.24, 2.45) is 0 Å². The number of nitrogens with zero attached hydrogens (tertiary/aromatic N) is 4. The molecule has 0 saturated carbocycles. The monoisotopic (exact) mass is 312 g/mol. The summed E-state index contributed by atoms with van der Waals surface area (Å²) in [7, 11) is 0. The van der Waals surface area contributed by atoms with Gasteiger partial charge in [0, 0.05) is 62.2 Å². The Morgan fingerprint density at radius 1 is 1.13 bits per heavy atom. The number of carbonyl (C=O) groups excluding carboxylic acids is 1. The third-order valence-electron chi connectivity index (χ3n) is 4.72. The first-order valence-corrected chi connectivity index (χ1v) is 8.22. The number of rotatable bonds is 3. The Kier molecular flexibility index (Phi) is 4.37. The molecule has 0 unspecified atom stereocenters. The SMILES string of the molecule is CCn1c(C)cc(C(=O)N2CCN(c3ccncc3)CC2)c1C. The van der Waals surface area contributed by atoms with Gasteiger partial charge in [-0.3, -0.25) is 9.78 Å². The Balaban J connectivity index is 1.69. The van der Waals surface area contributed by atoms with Gasteiger partial charge in [0.1, 0.15) is 0 Å². The fourth-order valence-electron chi connectivity index (χ4n) is 3.40. The largest absolute Gasteiger partial charge is 0.368 e. The van der Waals surface area contributed by atoms with E-state index in [0.717, 1.165) is 49.7 Å². The zero-order valence-electron chi connectivity index (χ0n) is 14.1. The topological polar surface area (TPSA) is 41.4 Å². The van der Waals surface area contributed by atoms with Crippen molar-refractivity contribution in [3.8, 4) is 0 Å². The first-order valence-electron chi connectivity index (χ1n) is 8.22. The van der Waals surface area contributed by atoms with Crippen molar-refractivity contribution in [2.45, 2.75) is 27.3 Å². The van der Waals surface area contributed by atoms with E-state index in [2.05, 4.69) is 28.3 Å². The Hall–Kier alpha value is -2.30. The summed E-state index contributed by atoms with van der Waals surface area (Å²) in [4.78, 5) is 21.2. The first-order chi connectivity index (χ1) is 11.1. The highest BCUT2D eigenvalue weighted by Gasteiger charge is 2.25. The predicted octanol–water partition coefficient (Wildman–Crippen LogP) is 2.48. The molecule has 0 aromatic carbocycles. The maximum absolute atomic E-state index is 12.8. The molecule has 3 rings (SSSR count). The Labute approximate surface area is 137 Å². The van der Waals surface area contributed by atoms with Crippen LogP contribution in [0, 0.1) is 13.8 Å². The van der Waals surface area contributed by atoms with Crippen molar-refractivity contribution in [1.82, 2.24) is 14.5 Å². The number of hydrogen-bond acceptors (Lipinski definition) is 3. The highest BCUT2D eigenvalue weighted by atomic mass is 16.2. The van der Waals surface area contributed by atoms with Gasteiger partial charge in [0.25, 0.3) is 5.91 Å². The summed E-state index contributed by atoms with van der Waals surface area (Å²) in [6, 6.07) is 6.06. The van der Waals surface area contributed by atoms with Crippen LogP contribution in [0.1, 0.15) is 28.7 Å². The molecule has 0 bridgehead atoms. The molecule has 1 fully saturated rings. The zero-order chi connectivity index (χ0) is 16.4. The van der Waals surface area contributed by atoms with Crippen LogP contribution in [-0.2, 0) is 6.54 Å². The van der Waals surface area contributed by atoms with Gasteiger partial charge in [-0.2, -0.15) is 0 Å². The van der Waals surface area contributed by atoms with E-state index in [-0.39, 0.29) is 5.91 Å². The number of hydrogen-bond donors (Lipinski definition) is 0. The molecule has 23 heavy (non-hydrogen) atoms. The van der Waals surface area contributed by atoms with E-state index in [4.69, 9.17) is 0 Å².